The summed E-state index contributed by atoms with van der Waals surface area (Å²) in [5.74, 6) is 2.26. The van der Waals surface area contributed by atoms with Crippen LogP contribution in [0.5, 0.6) is 0 Å². The third kappa shape index (κ3) is 1.76. The molecule has 0 spiro atoms. The summed E-state index contributed by atoms with van der Waals surface area (Å²) >= 11 is 1.57. The Morgan fingerprint density at radius 1 is 0.864 bits per heavy atom. The van der Waals surface area contributed by atoms with E-state index in [2.05, 4.69) is 0 Å². The molecule has 1 aliphatic heterocycles. The van der Waals surface area contributed by atoms with Crippen LogP contribution in [-0.2, 0) is 0 Å². The Bertz CT molecular complexity index is 613. The summed E-state index contributed by atoms with van der Waals surface area (Å²) in [6.07, 6.45) is 7.71. The normalized spacial score (nSPS) is 38.7. The third-order valence-corrected chi connectivity index (χ3v) is 7.43. The highest BCUT2D eigenvalue weighted by atomic mass is 32.2. The van der Waals surface area contributed by atoms with Crippen molar-refractivity contribution in [1.82, 2.24) is 4.31 Å². The van der Waals surface area contributed by atoms with Crippen LogP contribution in [0.15, 0.2) is 24.3 Å². The second kappa shape index (κ2) is 4.38. The lowest BCUT2D eigenvalue weighted by Gasteiger charge is -2.56. The standard InChI is InChI=1S/C18H19NO2S/c20-16-14-3-1-2-4-15(14)17(21)19(16)22-18-8-11-5-12(9-18)7-13(6-11)10-18/h1-4,11-13H,5-10H2. The molecule has 4 bridgehead atoms. The van der Waals surface area contributed by atoms with Gasteiger partial charge in [-0.25, -0.2) is 4.31 Å². The van der Waals surface area contributed by atoms with Gasteiger partial charge in [0.2, 0.25) is 0 Å². The van der Waals surface area contributed by atoms with Gasteiger partial charge in [-0.05, 0) is 80.4 Å². The van der Waals surface area contributed by atoms with Gasteiger partial charge < -0.3 is 0 Å². The van der Waals surface area contributed by atoms with Crippen LogP contribution in [0.2, 0.25) is 0 Å². The highest BCUT2D eigenvalue weighted by Gasteiger charge is 2.54. The molecule has 0 saturated heterocycles. The fraction of sp³-hybridized carbons (Fsp3) is 0.556. The van der Waals surface area contributed by atoms with Crippen molar-refractivity contribution >= 4 is 23.8 Å². The number of rotatable bonds is 2. The van der Waals surface area contributed by atoms with Crippen molar-refractivity contribution in [2.45, 2.75) is 43.3 Å². The summed E-state index contributed by atoms with van der Waals surface area (Å²) in [6, 6.07) is 7.22. The van der Waals surface area contributed by atoms with Crippen LogP contribution >= 0.6 is 11.9 Å². The Balaban J connectivity index is 1.45. The van der Waals surface area contributed by atoms with Crippen molar-refractivity contribution < 1.29 is 9.59 Å². The highest BCUT2D eigenvalue weighted by molar-refractivity contribution is 7.99. The molecule has 1 aromatic carbocycles. The number of hydrogen-bond acceptors (Lipinski definition) is 3. The van der Waals surface area contributed by atoms with Gasteiger partial charge in [0.1, 0.15) is 0 Å². The molecule has 4 fully saturated rings. The van der Waals surface area contributed by atoms with Crippen molar-refractivity contribution in [2.24, 2.45) is 17.8 Å². The van der Waals surface area contributed by atoms with Gasteiger partial charge >= 0.3 is 0 Å². The molecule has 0 atom stereocenters. The molecule has 0 radical (unpaired) electrons. The van der Waals surface area contributed by atoms with Crippen LogP contribution in [-0.4, -0.2) is 20.9 Å². The van der Waals surface area contributed by atoms with E-state index in [1.807, 2.05) is 12.1 Å². The number of amides is 2. The first-order valence-electron chi connectivity index (χ1n) is 8.30. The Labute approximate surface area is 134 Å². The molecule has 1 heterocycles. The second-order valence-electron chi connectivity index (χ2n) is 7.64. The molecule has 22 heavy (non-hydrogen) atoms. The topological polar surface area (TPSA) is 37.4 Å². The Hall–Kier alpha value is -1.29. The number of carbonyl (C=O) groups is 2. The first-order chi connectivity index (χ1) is 10.6. The molecule has 0 unspecified atom stereocenters. The van der Waals surface area contributed by atoms with E-state index in [4.69, 9.17) is 0 Å². The van der Waals surface area contributed by atoms with Crippen molar-refractivity contribution in [3.63, 3.8) is 0 Å². The van der Waals surface area contributed by atoms with Gasteiger partial charge in [-0.2, -0.15) is 0 Å². The van der Waals surface area contributed by atoms with E-state index in [0.717, 1.165) is 17.8 Å². The number of imide groups is 1. The first kappa shape index (κ1) is 13.2. The average Bonchev–Trinajstić information content (AvgIpc) is 2.71. The lowest BCUT2D eigenvalue weighted by Crippen LogP contribution is -2.50. The average molecular weight is 313 g/mol. The van der Waals surface area contributed by atoms with Gasteiger partial charge in [-0.3, -0.25) is 9.59 Å². The lowest BCUT2D eigenvalue weighted by atomic mass is 9.56. The minimum Gasteiger partial charge on any atom is -0.268 e. The van der Waals surface area contributed by atoms with Crippen LogP contribution < -0.4 is 0 Å². The van der Waals surface area contributed by atoms with E-state index >= 15 is 0 Å². The Morgan fingerprint density at radius 2 is 1.32 bits per heavy atom. The first-order valence-corrected chi connectivity index (χ1v) is 9.08. The molecule has 4 heteroatoms. The summed E-state index contributed by atoms with van der Waals surface area (Å²) in [7, 11) is 0. The maximum absolute atomic E-state index is 12.6. The quantitative estimate of drug-likeness (QED) is 0.614. The predicted octanol–water partition coefficient (Wildman–Crippen LogP) is 3.90. The fourth-order valence-corrected chi connectivity index (χ4v) is 7.27. The van der Waals surface area contributed by atoms with Gasteiger partial charge in [0, 0.05) is 4.75 Å². The minimum absolute atomic E-state index is 0.110. The molecule has 5 aliphatic rings. The second-order valence-corrected chi connectivity index (χ2v) is 9.06. The maximum atomic E-state index is 12.6. The van der Waals surface area contributed by atoms with E-state index in [9.17, 15) is 9.59 Å². The van der Waals surface area contributed by atoms with E-state index in [1.54, 1.807) is 24.1 Å². The zero-order chi connectivity index (χ0) is 14.9. The van der Waals surface area contributed by atoms with Crippen LogP contribution in [0.1, 0.15) is 59.2 Å². The zero-order valence-electron chi connectivity index (χ0n) is 12.5. The van der Waals surface area contributed by atoms with Gasteiger partial charge in [-0.1, -0.05) is 12.1 Å². The number of carbonyl (C=O) groups excluding carboxylic acids is 2. The molecule has 3 nitrogen and oxygen atoms in total. The number of hydrogen-bond donors (Lipinski definition) is 0. The monoisotopic (exact) mass is 313 g/mol. The summed E-state index contributed by atoms with van der Waals surface area (Å²) < 4.78 is 1.61. The molecule has 4 saturated carbocycles. The summed E-state index contributed by atoms with van der Waals surface area (Å²) in [5, 5.41) is 0. The molecule has 114 valence electrons. The smallest absolute Gasteiger partial charge is 0.268 e. The molecule has 1 aromatic rings. The van der Waals surface area contributed by atoms with Crippen molar-refractivity contribution in [1.29, 1.82) is 0 Å². The number of benzene rings is 1. The van der Waals surface area contributed by atoms with Gasteiger partial charge in [-0.15, -0.1) is 0 Å². The van der Waals surface area contributed by atoms with E-state index in [-0.39, 0.29) is 16.6 Å². The lowest BCUT2D eigenvalue weighted by molar-refractivity contribution is 0.0363. The molecular formula is C18H19NO2S. The molecular weight excluding hydrogens is 294 g/mol. The molecule has 6 rings (SSSR count). The zero-order valence-corrected chi connectivity index (χ0v) is 13.3. The Morgan fingerprint density at radius 3 is 1.77 bits per heavy atom. The van der Waals surface area contributed by atoms with Crippen LogP contribution in [0, 0.1) is 17.8 Å². The number of nitrogens with zero attached hydrogens (tertiary/aromatic N) is 1. The highest BCUT2D eigenvalue weighted by Crippen LogP contribution is 2.61. The molecule has 4 aliphatic carbocycles. The van der Waals surface area contributed by atoms with Crippen molar-refractivity contribution in [2.75, 3.05) is 0 Å². The van der Waals surface area contributed by atoms with Gasteiger partial charge in [0.25, 0.3) is 11.8 Å². The summed E-state index contributed by atoms with van der Waals surface area (Å²) in [4.78, 5) is 25.2. The van der Waals surface area contributed by atoms with Crippen LogP contribution in [0.4, 0.5) is 0 Å². The van der Waals surface area contributed by atoms with E-state index < -0.39 is 0 Å². The molecule has 2 amide bonds. The fourth-order valence-electron chi connectivity index (χ4n) is 5.59. The minimum atomic E-state index is -0.110. The van der Waals surface area contributed by atoms with Crippen molar-refractivity contribution in [3.8, 4) is 0 Å². The van der Waals surface area contributed by atoms with Crippen molar-refractivity contribution in [3.05, 3.63) is 35.4 Å². The van der Waals surface area contributed by atoms with Crippen LogP contribution in [0.3, 0.4) is 0 Å². The third-order valence-electron chi connectivity index (χ3n) is 6.02. The number of fused-ring (bicyclic) bond motifs is 1. The summed E-state index contributed by atoms with van der Waals surface area (Å²) in [6.45, 7) is 0. The van der Waals surface area contributed by atoms with Crippen LogP contribution in [0.25, 0.3) is 0 Å². The largest absolute Gasteiger partial charge is 0.271 e. The Kier molecular flexibility index (Phi) is 2.62. The predicted molar refractivity (Wildman–Crippen MR) is 85.4 cm³/mol. The maximum Gasteiger partial charge on any atom is 0.271 e. The van der Waals surface area contributed by atoms with E-state index in [0.29, 0.717) is 11.1 Å². The van der Waals surface area contributed by atoms with Gasteiger partial charge in [0.15, 0.2) is 0 Å². The molecule has 0 N–H and O–H groups in total. The van der Waals surface area contributed by atoms with Gasteiger partial charge in [0.05, 0.1) is 11.1 Å². The SMILES string of the molecule is O=C1c2ccccc2C(=O)N1SC12CC3CC(CC(C3)C1)C2. The molecule has 0 aromatic heterocycles. The summed E-state index contributed by atoms with van der Waals surface area (Å²) in [5.41, 5.74) is 1.15. The van der Waals surface area contributed by atoms with E-state index in [1.165, 1.54) is 42.8 Å².